The maximum atomic E-state index is 13.7. The van der Waals surface area contributed by atoms with E-state index in [-0.39, 0.29) is 11.6 Å². The summed E-state index contributed by atoms with van der Waals surface area (Å²) < 4.78 is 2.64. The molecule has 0 saturated carbocycles. The summed E-state index contributed by atoms with van der Waals surface area (Å²) in [5, 5.41) is 0. The Bertz CT molecular complexity index is 1590. The smallest absolute Gasteiger partial charge is 0.271 e. The van der Waals surface area contributed by atoms with E-state index in [0.717, 1.165) is 39.0 Å². The van der Waals surface area contributed by atoms with Gasteiger partial charge in [0.25, 0.3) is 5.56 Å². The highest BCUT2D eigenvalue weighted by Crippen LogP contribution is 2.41. The van der Waals surface area contributed by atoms with Gasteiger partial charge in [0.15, 0.2) is 4.80 Å². The van der Waals surface area contributed by atoms with E-state index in [4.69, 9.17) is 4.99 Å². The molecule has 0 N–H and O–H groups in total. The van der Waals surface area contributed by atoms with Crippen molar-refractivity contribution in [2.45, 2.75) is 32.7 Å². The Morgan fingerprint density at radius 2 is 1.61 bits per heavy atom. The Balaban J connectivity index is 1.62. The van der Waals surface area contributed by atoms with Crippen LogP contribution < -0.4 is 14.9 Å². The van der Waals surface area contributed by atoms with Gasteiger partial charge in [-0.05, 0) is 55.0 Å². The van der Waals surface area contributed by atoms with Crippen LogP contribution in [0.4, 0.5) is 0 Å². The van der Waals surface area contributed by atoms with Crippen LogP contribution in [0.25, 0.3) is 11.8 Å². The highest BCUT2D eigenvalue weighted by molar-refractivity contribution is 7.07. The highest BCUT2D eigenvalue weighted by atomic mass is 32.1. The predicted molar refractivity (Wildman–Crippen MR) is 135 cm³/mol. The van der Waals surface area contributed by atoms with Crippen LogP contribution in [0.15, 0.2) is 88.2 Å². The lowest BCUT2D eigenvalue weighted by Crippen LogP contribution is -2.38. The van der Waals surface area contributed by atoms with Crippen LogP contribution >= 0.6 is 11.3 Å². The fraction of sp³-hybridized carbons (Fsp3) is 0.172. The molecule has 2 heterocycles. The fourth-order valence-corrected chi connectivity index (χ4v) is 5.89. The van der Waals surface area contributed by atoms with Crippen molar-refractivity contribution in [3.05, 3.63) is 131 Å². The average molecular weight is 449 g/mol. The average Bonchev–Trinajstić information content (AvgIpc) is 3.14. The van der Waals surface area contributed by atoms with Crippen molar-refractivity contribution < 1.29 is 0 Å². The summed E-state index contributed by atoms with van der Waals surface area (Å²) in [6.45, 7) is 4.17. The molecule has 6 rings (SSSR count). The van der Waals surface area contributed by atoms with Crippen molar-refractivity contribution in [1.29, 1.82) is 0 Å². The number of nitrogens with zero attached hydrogens (tertiary/aromatic N) is 2. The molecule has 0 radical (unpaired) electrons. The normalized spacial score (nSPS) is 17.3. The zero-order valence-electron chi connectivity index (χ0n) is 18.7. The molecule has 1 unspecified atom stereocenters. The lowest BCUT2D eigenvalue weighted by atomic mass is 9.83. The zero-order chi connectivity index (χ0) is 22.5. The monoisotopic (exact) mass is 448 g/mol. The van der Waals surface area contributed by atoms with Crippen molar-refractivity contribution in [3.63, 3.8) is 0 Å². The van der Waals surface area contributed by atoms with E-state index in [1.807, 2.05) is 10.6 Å². The third-order valence-electron chi connectivity index (χ3n) is 6.64. The van der Waals surface area contributed by atoms with Crippen molar-refractivity contribution in [1.82, 2.24) is 4.57 Å². The number of aryl methyl sites for hydroxylation is 3. The summed E-state index contributed by atoms with van der Waals surface area (Å²) in [5.74, 6) is 0. The first kappa shape index (κ1) is 20.1. The van der Waals surface area contributed by atoms with Crippen LogP contribution in [0, 0.1) is 13.8 Å². The lowest BCUT2D eigenvalue weighted by molar-refractivity contribution is 0.585. The van der Waals surface area contributed by atoms with Crippen LogP contribution in [-0.4, -0.2) is 4.57 Å². The van der Waals surface area contributed by atoms with Gasteiger partial charge < -0.3 is 0 Å². The van der Waals surface area contributed by atoms with Crippen molar-refractivity contribution in [2.75, 3.05) is 0 Å². The predicted octanol–water partition coefficient (Wildman–Crippen LogP) is 4.94. The summed E-state index contributed by atoms with van der Waals surface area (Å²) in [4.78, 5) is 19.6. The standard InChI is InChI=1S/C29H24N2OS/c1-18-7-11-20(12-8-18)17-25-28(32)31-27(22-13-9-19(2)10-14-22)24-16-15-21-5-3-4-6-23(21)26(24)30-29(31)33-25/h3-14,17,27H,15-16H2,1-2H3. The third-order valence-corrected chi connectivity index (χ3v) is 7.62. The Hall–Kier alpha value is -3.50. The molecule has 0 bridgehead atoms. The minimum atomic E-state index is -0.120. The third kappa shape index (κ3) is 3.42. The van der Waals surface area contributed by atoms with E-state index < -0.39 is 0 Å². The molecule has 0 spiro atoms. The number of benzene rings is 3. The molecule has 1 atom stereocenters. The van der Waals surface area contributed by atoms with Gasteiger partial charge in [-0.25, -0.2) is 4.99 Å². The van der Waals surface area contributed by atoms with Gasteiger partial charge in [0.2, 0.25) is 0 Å². The van der Waals surface area contributed by atoms with Crippen molar-refractivity contribution in [3.8, 4) is 0 Å². The fourth-order valence-electron chi connectivity index (χ4n) is 4.89. The molecule has 33 heavy (non-hydrogen) atoms. The lowest BCUT2D eigenvalue weighted by Gasteiger charge is -2.30. The Morgan fingerprint density at radius 3 is 2.36 bits per heavy atom. The van der Waals surface area contributed by atoms with Crippen LogP contribution in [0.1, 0.15) is 45.8 Å². The topological polar surface area (TPSA) is 34.4 Å². The van der Waals surface area contributed by atoms with Crippen LogP contribution in [-0.2, 0) is 6.42 Å². The van der Waals surface area contributed by atoms with E-state index in [0.29, 0.717) is 0 Å². The van der Waals surface area contributed by atoms with Gasteiger partial charge >= 0.3 is 0 Å². The van der Waals surface area contributed by atoms with Crippen molar-refractivity contribution in [2.24, 2.45) is 4.99 Å². The van der Waals surface area contributed by atoms with Crippen LogP contribution in [0.5, 0.6) is 0 Å². The highest BCUT2D eigenvalue weighted by Gasteiger charge is 2.32. The number of aromatic nitrogens is 1. The van der Waals surface area contributed by atoms with Gasteiger partial charge in [-0.2, -0.15) is 0 Å². The maximum Gasteiger partial charge on any atom is 0.271 e. The molecule has 1 aliphatic heterocycles. The van der Waals surface area contributed by atoms with Gasteiger partial charge in [0, 0.05) is 5.56 Å². The number of hydrogen-bond acceptors (Lipinski definition) is 3. The molecule has 1 aromatic heterocycles. The molecule has 4 heteroatoms. The summed E-state index contributed by atoms with van der Waals surface area (Å²) in [6, 6.07) is 25.3. The second kappa shape index (κ2) is 7.82. The molecular weight excluding hydrogens is 424 g/mol. The Morgan fingerprint density at radius 1 is 0.909 bits per heavy atom. The van der Waals surface area contributed by atoms with Gasteiger partial charge in [-0.1, -0.05) is 95.3 Å². The van der Waals surface area contributed by atoms with Gasteiger partial charge in [-0.15, -0.1) is 0 Å². The van der Waals surface area contributed by atoms with E-state index in [1.54, 1.807) is 0 Å². The molecule has 0 saturated heterocycles. The molecule has 3 nitrogen and oxygen atoms in total. The summed E-state index contributed by atoms with van der Waals surface area (Å²) >= 11 is 1.49. The minimum absolute atomic E-state index is 0.0373. The summed E-state index contributed by atoms with van der Waals surface area (Å²) in [6.07, 6.45) is 3.88. The molecule has 1 aliphatic carbocycles. The second-order valence-electron chi connectivity index (χ2n) is 8.94. The second-order valence-corrected chi connectivity index (χ2v) is 9.94. The Kier molecular flexibility index (Phi) is 4.77. The van der Waals surface area contributed by atoms with Crippen LogP contribution in [0.3, 0.4) is 0 Å². The molecule has 3 aromatic carbocycles. The zero-order valence-corrected chi connectivity index (χ0v) is 19.5. The Labute approximate surface area is 196 Å². The number of hydrogen-bond donors (Lipinski definition) is 0. The summed E-state index contributed by atoms with van der Waals surface area (Å²) in [7, 11) is 0. The van der Waals surface area contributed by atoms with Crippen molar-refractivity contribution >= 4 is 23.1 Å². The SMILES string of the molecule is Cc1ccc(C=c2sc3n(c2=O)C(c2ccc(C)cc2)C2=C(N=3)c3ccccc3CC2)cc1. The van der Waals surface area contributed by atoms with E-state index in [2.05, 4.69) is 86.6 Å². The molecule has 0 fully saturated rings. The van der Waals surface area contributed by atoms with E-state index >= 15 is 0 Å². The van der Waals surface area contributed by atoms with E-state index in [9.17, 15) is 4.79 Å². The van der Waals surface area contributed by atoms with Gasteiger partial charge in [0.05, 0.1) is 16.3 Å². The first-order chi connectivity index (χ1) is 16.1. The molecule has 4 aromatic rings. The number of fused-ring (bicyclic) bond motifs is 3. The first-order valence-corrected chi connectivity index (χ1v) is 12.2. The number of rotatable bonds is 2. The van der Waals surface area contributed by atoms with Gasteiger partial charge in [0.1, 0.15) is 0 Å². The molecule has 162 valence electrons. The van der Waals surface area contributed by atoms with Crippen LogP contribution in [0.2, 0.25) is 0 Å². The largest absolute Gasteiger partial charge is 0.272 e. The summed E-state index contributed by atoms with van der Waals surface area (Å²) in [5.41, 5.74) is 9.46. The quantitative estimate of drug-likeness (QED) is 0.428. The first-order valence-electron chi connectivity index (χ1n) is 11.3. The maximum absolute atomic E-state index is 13.7. The number of allylic oxidation sites excluding steroid dienone is 1. The minimum Gasteiger partial charge on any atom is -0.272 e. The number of thiazole rings is 1. The van der Waals surface area contributed by atoms with Gasteiger partial charge in [-0.3, -0.25) is 9.36 Å². The van der Waals surface area contributed by atoms with E-state index in [1.165, 1.54) is 39.2 Å². The molecule has 0 amide bonds. The molecule has 2 aliphatic rings. The molecular formula is C29H24N2OS.